The summed E-state index contributed by atoms with van der Waals surface area (Å²) in [5.74, 6) is -0.253. The number of halogens is 2. The zero-order valence-corrected chi connectivity index (χ0v) is 10.1. The first-order valence-corrected chi connectivity index (χ1v) is 4.99. The molecular weight excluding hydrogens is 239 g/mol. The number of hydrogen-bond acceptors (Lipinski definition) is 3. The van der Waals surface area contributed by atoms with E-state index < -0.39 is 5.97 Å². The molecular formula is C9H12Cl2N2O2. The highest BCUT2D eigenvalue weighted by Crippen LogP contribution is 2.04. The minimum Gasteiger partial charge on any atom is -0.466 e. The van der Waals surface area contributed by atoms with Crippen molar-refractivity contribution in [3.05, 3.63) is 11.7 Å². The molecule has 0 fully saturated rings. The van der Waals surface area contributed by atoms with Crippen LogP contribution in [-0.2, 0) is 9.53 Å². The molecule has 0 aliphatic carbocycles. The lowest BCUT2D eigenvalue weighted by molar-refractivity contribution is -0.141. The van der Waals surface area contributed by atoms with Crippen molar-refractivity contribution >= 4 is 40.2 Å². The lowest BCUT2D eigenvalue weighted by Gasteiger charge is -2.01. The Morgan fingerprint density at radius 1 is 1.40 bits per heavy atom. The van der Waals surface area contributed by atoms with E-state index in [4.69, 9.17) is 27.9 Å². The summed E-state index contributed by atoms with van der Waals surface area (Å²) in [6.07, 6.45) is -0.0797. The summed E-state index contributed by atoms with van der Waals surface area (Å²) < 4.78 is 4.73. The van der Waals surface area contributed by atoms with E-state index in [9.17, 15) is 4.79 Å². The van der Waals surface area contributed by atoms with Gasteiger partial charge in [-0.1, -0.05) is 29.8 Å². The van der Waals surface area contributed by atoms with E-state index in [1.807, 2.05) is 0 Å². The van der Waals surface area contributed by atoms with E-state index in [-0.39, 0.29) is 22.6 Å². The summed E-state index contributed by atoms with van der Waals surface area (Å²) in [6, 6.07) is 0. The third-order valence-corrected chi connectivity index (χ3v) is 1.31. The second kappa shape index (κ2) is 7.43. The summed E-state index contributed by atoms with van der Waals surface area (Å²) in [5, 5.41) is 0.298. The van der Waals surface area contributed by atoms with E-state index in [2.05, 4.69) is 16.6 Å². The number of esters is 1. The van der Waals surface area contributed by atoms with Crippen LogP contribution in [0.2, 0.25) is 0 Å². The third kappa shape index (κ3) is 8.15. The summed E-state index contributed by atoms with van der Waals surface area (Å²) >= 11 is 11.0. The average Bonchev–Trinajstić information content (AvgIpc) is 2.00. The molecule has 0 aromatic carbocycles. The lowest BCUT2D eigenvalue weighted by atomic mass is 10.4. The van der Waals surface area contributed by atoms with Crippen LogP contribution in [0.25, 0.3) is 0 Å². The minimum atomic E-state index is -0.434. The molecule has 0 aromatic heterocycles. The van der Waals surface area contributed by atoms with Gasteiger partial charge in [-0.3, -0.25) is 4.79 Å². The summed E-state index contributed by atoms with van der Waals surface area (Å²) in [4.78, 5) is 18.7. The SMILES string of the molecule is C=C(Cl)/N=C(CC(=O)OCC)\N=C(/C)Cl. The number of rotatable bonds is 4. The molecule has 0 saturated carbocycles. The Labute approximate surface area is 98.6 Å². The van der Waals surface area contributed by atoms with Crippen molar-refractivity contribution in [2.45, 2.75) is 20.3 Å². The predicted molar refractivity (Wildman–Crippen MR) is 62.6 cm³/mol. The Balaban J connectivity index is 4.60. The first kappa shape index (κ1) is 14.1. The molecule has 0 rings (SSSR count). The normalized spacial score (nSPS) is 12.5. The van der Waals surface area contributed by atoms with Crippen molar-refractivity contribution in [2.24, 2.45) is 9.98 Å². The molecule has 0 unspecified atom stereocenters. The molecule has 0 bridgehead atoms. The van der Waals surface area contributed by atoms with Crippen LogP contribution in [0.4, 0.5) is 0 Å². The first-order valence-electron chi connectivity index (χ1n) is 4.24. The highest BCUT2D eigenvalue weighted by molar-refractivity contribution is 6.65. The highest BCUT2D eigenvalue weighted by Gasteiger charge is 2.08. The Morgan fingerprint density at radius 2 is 2.00 bits per heavy atom. The number of aliphatic imine (C=N–C) groups is 2. The van der Waals surface area contributed by atoms with E-state index in [0.717, 1.165) is 0 Å². The zero-order valence-electron chi connectivity index (χ0n) is 8.59. The van der Waals surface area contributed by atoms with E-state index in [0.29, 0.717) is 6.61 Å². The molecule has 0 heterocycles. The minimum absolute atomic E-state index is 0.0379. The number of nitrogens with zero attached hydrogens (tertiary/aromatic N) is 2. The van der Waals surface area contributed by atoms with Crippen molar-refractivity contribution in [1.82, 2.24) is 0 Å². The molecule has 6 heteroatoms. The number of carbonyl (C=O) groups is 1. The molecule has 0 N–H and O–H groups in total. The van der Waals surface area contributed by atoms with E-state index >= 15 is 0 Å². The third-order valence-electron chi connectivity index (χ3n) is 1.14. The summed E-state index contributed by atoms with van der Waals surface area (Å²) in [5.41, 5.74) is 0. The van der Waals surface area contributed by atoms with Crippen LogP contribution in [0.1, 0.15) is 20.3 Å². The van der Waals surface area contributed by atoms with Crippen molar-refractivity contribution in [3.8, 4) is 0 Å². The topological polar surface area (TPSA) is 51.0 Å². The monoisotopic (exact) mass is 250 g/mol. The summed E-state index contributed by atoms with van der Waals surface area (Å²) in [7, 11) is 0. The summed E-state index contributed by atoms with van der Waals surface area (Å²) in [6.45, 7) is 6.95. The van der Waals surface area contributed by atoms with Gasteiger partial charge in [0.1, 0.15) is 22.6 Å². The van der Waals surface area contributed by atoms with Crippen molar-refractivity contribution in [1.29, 1.82) is 0 Å². The van der Waals surface area contributed by atoms with Gasteiger partial charge in [0.05, 0.1) is 6.61 Å². The van der Waals surface area contributed by atoms with Gasteiger partial charge in [-0.15, -0.1) is 0 Å². The van der Waals surface area contributed by atoms with Gasteiger partial charge in [0.15, 0.2) is 0 Å². The number of hydrogen-bond donors (Lipinski definition) is 0. The van der Waals surface area contributed by atoms with Crippen molar-refractivity contribution in [2.75, 3.05) is 6.61 Å². The maximum Gasteiger partial charge on any atom is 0.313 e. The van der Waals surface area contributed by atoms with Crippen LogP contribution in [-0.4, -0.2) is 23.6 Å². The average molecular weight is 251 g/mol. The smallest absolute Gasteiger partial charge is 0.313 e. The fraction of sp³-hybridized carbons (Fsp3) is 0.444. The fourth-order valence-electron chi connectivity index (χ4n) is 0.763. The van der Waals surface area contributed by atoms with Gasteiger partial charge in [-0.05, 0) is 13.8 Å². The first-order chi connectivity index (χ1) is 6.95. The lowest BCUT2D eigenvalue weighted by Crippen LogP contribution is -2.10. The second-order valence-electron chi connectivity index (χ2n) is 2.49. The molecule has 0 saturated heterocycles. The van der Waals surface area contributed by atoms with Gasteiger partial charge < -0.3 is 4.74 Å². The molecule has 0 aliphatic rings. The highest BCUT2D eigenvalue weighted by atomic mass is 35.5. The quantitative estimate of drug-likeness (QED) is 0.334. The van der Waals surface area contributed by atoms with Gasteiger partial charge in [0, 0.05) is 0 Å². The molecule has 84 valence electrons. The Kier molecular flexibility index (Phi) is 6.99. The maximum atomic E-state index is 11.1. The standard InChI is InChI=1S/C9H12Cl2N2O2/c1-4-15-9(14)5-8(12-6(2)10)13-7(3)11/h2,4-5H2,1,3H3/b12-8-,13-7+. The number of amidine groups is 1. The maximum absolute atomic E-state index is 11.1. The Hall–Kier alpha value is -0.870. The molecule has 0 spiro atoms. The molecule has 0 aromatic rings. The number of carbonyl (C=O) groups excluding carboxylic acids is 1. The van der Waals surface area contributed by atoms with Crippen LogP contribution in [0.3, 0.4) is 0 Å². The van der Waals surface area contributed by atoms with Crippen molar-refractivity contribution in [3.63, 3.8) is 0 Å². The van der Waals surface area contributed by atoms with Crippen LogP contribution >= 0.6 is 23.2 Å². The molecule has 0 aliphatic heterocycles. The molecule has 4 nitrogen and oxygen atoms in total. The van der Waals surface area contributed by atoms with E-state index in [1.165, 1.54) is 0 Å². The van der Waals surface area contributed by atoms with Crippen LogP contribution in [0, 0.1) is 0 Å². The molecule has 0 atom stereocenters. The van der Waals surface area contributed by atoms with Crippen LogP contribution < -0.4 is 0 Å². The second-order valence-corrected chi connectivity index (χ2v) is 3.48. The zero-order chi connectivity index (χ0) is 11.8. The Morgan fingerprint density at radius 3 is 2.40 bits per heavy atom. The molecule has 0 radical (unpaired) electrons. The van der Waals surface area contributed by atoms with E-state index in [1.54, 1.807) is 13.8 Å². The van der Waals surface area contributed by atoms with Gasteiger partial charge in [-0.2, -0.15) is 0 Å². The predicted octanol–water partition coefficient (Wildman–Crippen LogP) is 2.71. The van der Waals surface area contributed by atoms with Gasteiger partial charge in [0.25, 0.3) is 0 Å². The van der Waals surface area contributed by atoms with Crippen LogP contribution in [0.15, 0.2) is 21.7 Å². The Bertz CT molecular complexity index is 307. The van der Waals surface area contributed by atoms with Gasteiger partial charge in [-0.25, -0.2) is 9.98 Å². The van der Waals surface area contributed by atoms with Crippen molar-refractivity contribution < 1.29 is 9.53 Å². The largest absolute Gasteiger partial charge is 0.466 e. The van der Waals surface area contributed by atoms with Gasteiger partial charge >= 0.3 is 5.97 Å². The molecule has 15 heavy (non-hydrogen) atoms. The van der Waals surface area contributed by atoms with Gasteiger partial charge in [0.2, 0.25) is 0 Å². The molecule has 0 amide bonds. The number of ether oxygens (including phenoxy) is 1. The van der Waals surface area contributed by atoms with Crippen LogP contribution in [0.5, 0.6) is 0 Å². The fourth-order valence-corrected chi connectivity index (χ4v) is 0.958.